The molecule has 0 amide bonds. The van der Waals surface area contributed by atoms with Crippen LogP contribution in [0.15, 0.2) is 29.6 Å². The standard InChI is InChI=1S/C12H18N4O2S2/c1-10(2)15-20(17,18)9-3-8-19-12-5-4-11-13-6-7-16(11)14-12/h4-7,10,15H,3,8-9H2,1-2H3. The topological polar surface area (TPSA) is 76.4 Å². The molecule has 8 heteroatoms. The third kappa shape index (κ3) is 4.46. The van der Waals surface area contributed by atoms with Gasteiger partial charge in [0.05, 0.1) is 5.75 Å². The molecule has 6 nitrogen and oxygen atoms in total. The van der Waals surface area contributed by atoms with Crippen LogP contribution in [0.3, 0.4) is 0 Å². The number of imidazole rings is 1. The van der Waals surface area contributed by atoms with Gasteiger partial charge in [0.1, 0.15) is 5.03 Å². The van der Waals surface area contributed by atoms with Crippen LogP contribution in [0.4, 0.5) is 0 Å². The van der Waals surface area contributed by atoms with Crippen molar-refractivity contribution in [3.63, 3.8) is 0 Å². The smallest absolute Gasteiger partial charge is 0.211 e. The molecule has 2 rings (SSSR count). The van der Waals surface area contributed by atoms with Gasteiger partial charge in [-0.2, -0.15) is 5.10 Å². The molecule has 1 N–H and O–H groups in total. The maximum absolute atomic E-state index is 11.6. The fourth-order valence-corrected chi connectivity index (χ4v) is 4.07. The molecule has 0 saturated carbocycles. The molecule has 0 aliphatic heterocycles. The Morgan fingerprint density at radius 3 is 2.95 bits per heavy atom. The molecule has 0 aromatic carbocycles. The molecule has 0 aliphatic rings. The summed E-state index contributed by atoms with van der Waals surface area (Å²) in [6.45, 7) is 3.63. The van der Waals surface area contributed by atoms with Crippen molar-refractivity contribution in [2.24, 2.45) is 0 Å². The van der Waals surface area contributed by atoms with Gasteiger partial charge in [0.15, 0.2) is 5.65 Å². The Labute approximate surface area is 123 Å². The van der Waals surface area contributed by atoms with Crippen LogP contribution in [0.1, 0.15) is 20.3 Å². The first kappa shape index (κ1) is 15.3. The highest BCUT2D eigenvalue weighted by Crippen LogP contribution is 2.16. The zero-order valence-corrected chi connectivity index (χ0v) is 13.1. The van der Waals surface area contributed by atoms with Gasteiger partial charge >= 0.3 is 0 Å². The number of thioether (sulfide) groups is 1. The summed E-state index contributed by atoms with van der Waals surface area (Å²) in [6.07, 6.45) is 4.08. The summed E-state index contributed by atoms with van der Waals surface area (Å²) in [5.41, 5.74) is 0.804. The molecule has 0 bridgehead atoms. The van der Waals surface area contributed by atoms with E-state index in [9.17, 15) is 8.42 Å². The predicted molar refractivity (Wildman–Crippen MR) is 80.4 cm³/mol. The van der Waals surface area contributed by atoms with E-state index < -0.39 is 10.0 Å². The van der Waals surface area contributed by atoms with Gasteiger partial charge in [0.2, 0.25) is 10.0 Å². The molecular formula is C12H18N4O2S2. The number of fused-ring (bicyclic) bond motifs is 1. The SMILES string of the molecule is CC(C)NS(=O)(=O)CCCSc1ccc2nccn2n1. The van der Waals surface area contributed by atoms with Crippen molar-refractivity contribution in [1.82, 2.24) is 19.3 Å². The number of nitrogens with zero attached hydrogens (tertiary/aromatic N) is 3. The van der Waals surface area contributed by atoms with E-state index in [1.54, 1.807) is 28.7 Å². The van der Waals surface area contributed by atoms with E-state index in [1.165, 1.54) is 0 Å². The second-order valence-electron chi connectivity index (χ2n) is 4.70. The molecule has 0 fully saturated rings. The Bertz CT molecular complexity index is 667. The van der Waals surface area contributed by atoms with Crippen LogP contribution >= 0.6 is 11.8 Å². The highest BCUT2D eigenvalue weighted by molar-refractivity contribution is 7.99. The van der Waals surface area contributed by atoms with Crippen molar-refractivity contribution in [2.75, 3.05) is 11.5 Å². The molecular weight excluding hydrogens is 296 g/mol. The summed E-state index contributed by atoms with van der Waals surface area (Å²) in [5, 5.41) is 5.24. The van der Waals surface area contributed by atoms with E-state index in [-0.39, 0.29) is 11.8 Å². The first-order valence-corrected chi connectivity index (χ1v) is 9.03. The molecule has 0 aliphatic carbocycles. The van der Waals surface area contributed by atoms with Gasteiger partial charge in [-0.15, -0.1) is 11.8 Å². The lowest BCUT2D eigenvalue weighted by atomic mass is 10.4. The zero-order chi connectivity index (χ0) is 14.6. The quantitative estimate of drug-likeness (QED) is 0.620. The van der Waals surface area contributed by atoms with E-state index >= 15 is 0 Å². The number of nitrogens with one attached hydrogen (secondary N) is 1. The van der Waals surface area contributed by atoms with Crippen LogP contribution < -0.4 is 4.72 Å². The maximum Gasteiger partial charge on any atom is 0.211 e. The fourth-order valence-electron chi connectivity index (χ4n) is 1.72. The molecule has 0 spiro atoms. The van der Waals surface area contributed by atoms with Crippen molar-refractivity contribution >= 4 is 27.4 Å². The molecule has 2 aromatic heterocycles. The second-order valence-corrected chi connectivity index (χ2v) is 7.68. The molecule has 0 unspecified atom stereocenters. The van der Waals surface area contributed by atoms with E-state index in [1.807, 2.05) is 26.0 Å². The summed E-state index contributed by atoms with van der Waals surface area (Å²) in [5.74, 6) is 0.859. The van der Waals surface area contributed by atoms with E-state index in [4.69, 9.17) is 0 Å². The zero-order valence-electron chi connectivity index (χ0n) is 11.5. The summed E-state index contributed by atoms with van der Waals surface area (Å²) < 4.78 is 27.6. The molecule has 0 saturated heterocycles. The lowest BCUT2D eigenvalue weighted by Gasteiger charge is -2.08. The monoisotopic (exact) mass is 314 g/mol. The van der Waals surface area contributed by atoms with Crippen molar-refractivity contribution in [2.45, 2.75) is 31.3 Å². The third-order valence-electron chi connectivity index (χ3n) is 2.45. The van der Waals surface area contributed by atoms with Crippen LogP contribution in [0, 0.1) is 0 Å². The van der Waals surface area contributed by atoms with Crippen molar-refractivity contribution < 1.29 is 8.42 Å². The summed E-state index contributed by atoms with van der Waals surface area (Å²) in [6, 6.07) is 3.73. The van der Waals surface area contributed by atoms with Gasteiger partial charge < -0.3 is 0 Å². The number of sulfonamides is 1. The van der Waals surface area contributed by atoms with Crippen LogP contribution in [0.2, 0.25) is 0 Å². The largest absolute Gasteiger partial charge is 0.236 e. The van der Waals surface area contributed by atoms with Gasteiger partial charge in [-0.05, 0) is 32.4 Å². The number of hydrogen-bond donors (Lipinski definition) is 1. The minimum Gasteiger partial charge on any atom is -0.236 e. The average Bonchev–Trinajstić information content (AvgIpc) is 2.80. The minimum atomic E-state index is -3.16. The third-order valence-corrected chi connectivity index (χ3v) is 5.12. The average molecular weight is 314 g/mol. The first-order valence-electron chi connectivity index (χ1n) is 6.39. The minimum absolute atomic E-state index is 0.0574. The van der Waals surface area contributed by atoms with Crippen LogP contribution in [0.25, 0.3) is 5.65 Å². The van der Waals surface area contributed by atoms with Crippen LogP contribution in [0.5, 0.6) is 0 Å². The Kier molecular flexibility index (Phi) is 5.00. The Morgan fingerprint density at radius 1 is 1.40 bits per heavy atom. The summed E-state index contributed by atoms with van der Waals surface area (Å²) >= 11 is 1.55. The van der Waals surface area contributed by atoms with Crippen LogP contribution in [-0.4, -0.2) is 40.6 Å². The Hall–Kier alpha value is -1.12. The second kappa shape index (κ2) is 6.55. The van der Waals surface area contributed by atoms with E-state index in [0.717, 1.165) is 10.7 Å². The lowest BCUT2D eigenvalue weighted by Crippen LogP contribution is -2.32. The highest BCUT2D eigenvalue weighted by Gasteiger charge is 2.11. The number of hydrogen-bond acceptors (Lipinski definition) is 5. The summed E-state index contributed by atoms with van der Waals surface area (Å²) in [7, 11) is -3.16. The summed E-state index contributed by atoms with van der Waals surface area (Å²) in [4.78, 5) is 4.12. The lowest BCUT2D eigenvalue weighted by molar-refractivity contribution is 0.569. The van der Waals surface area contributed by atoms with Crippen molar-refractivity contribution in [3.05, 3.63) is 24.5 Å². The maximum atomic E-state index is 11.6. The van der Waals surface area contributed by atoms with Crippen LogP contribution in [-0.2, 0) is 10.0 Å². The Balaban J connectivity index is 1.81. The number of rotatable bonds is 7. The first-order chi connectivity index (χ1) is 9.46. The normalized spacial score (nSPS) is 12.3. The van der Waals surface area contributed by atoms with Crippen molar-refractivity contribution in [3.8, 4) is 0 Å². The fraction of sp³-hybridized carbons (Fsp3) is 0.500. The van der Waals surface area contributed by atoms with Crippen molar-refractivity contribution in [1.29, 1.82) is 0 Å². The Morgan fingerprint density at radius 2 is 2.20 bits per heavy atom. The molecule has 2 heterocycles. The van der Waals surface area contributed by atoms with E-state index in [0.29, 0.717) is 12.2 Å². The molecule has 20 heavy (non-hydrogen) atoms. The highest BCUT2D eigenvalue weighted by atomic mass is 32.2. The van der Waals surface area contributed by atoms with E-state index in [2.05, 4.69) is 14.8 Å². The van der Waals surface area contributed by atoms with Gasteiger partial charge in [-0.1, -0.05) is 0 Å². The number of aromatic nitrogens is 3. The molecule has 110 valence electrons. The van der Waals surface area contributed by atoms with Gasteiger partial charge in [-0.3, -0.25) is 0 Å². The van der Waals surface area contributed by atoms with Gasteiger partial charge in [-0.25, -0.2) is 22.6 Å². The molecule has 0 radical (unpaired) electrons. The molecule has 0 atom stereocenters. The molecule has 2 aromatic rings. The van der Waals surface area contributed by atoms with Gasteiger partial charge in [0.25, 0.3) is 0 Å². The van der Waals surface area contributed by atoms with Gasteiger partial charge in [0, 0.05) is 24.2 Å². The predicted octanol–water partition coefficient (Wildman–Crippen LogP) is 1.54.